The summed E-state index contributed by atoms with van der Waals surface area (Å²) in [5, 5.41) is 0. The smallest absolute Gasteiger partial charge is 0.0131 e. The third-order valence-corrected chi connectivity index (χ3v) is 4.69. The second-order valence-electron chi connectivity index (χ2n) is 9.50. The lowest BCUT2D eigenvalue weighted by Crippen LogP contribution is -2.43. The van der Waals surface area contributed by atoms with Crippen LogP contribution in [0.5, 0.6) is 0 Å². The van der Waals surface area contributed by atoms with Crippen LogP contribution in [-0.4, -0.2) is 5.54 Å². The first kappa shape index (κ1) is 16.0. The van der Waals surface area contributed by atoms with Crippen molar-refractivity contribution in [1.82, 2.24) is 0 Å². The lowest BCUT2D eigenvalue weighted by Gasteiger charge is -2.43. The van der Waals surface area contributed by atoms with Crippen molar-refractivity contribution < 1.29 is 0 Å². The Morgan fingerprint density at radius 3 is 1.33 bits per heavy atom. The fourth-order valence-corrected chi connectivity index (χ4v) is 4.04. The number of hydrogen-bond acceptors (Lipinski definition) is 1. The summed E-state index contributed by atoms with van der Waals surface area (Å²) in [6.07, 6.45) is 7.47. The van der Waals surface area contributed by atoms with Gasteiger partial charge < -0.3 is 5.73 Å². The first-order valence-corrected chi connectivity index (χ1v) is 7.62. The molecule has 0 heterocycles. The second-order valence-corrected chi connectivity index (χ2v) is 9.50. The first-order chi connectivity index (χ1) is 7.83. The number of hydrogen-bond donors (Lipinski definition) is 1. The van der Waals surface area contributed by atoms with Crippen LogP contribution in [0.15, 0.2) is 0 Å². The van der Waals surface area contributed by atoms with Gasteiger partial charge in [-0.1, -0.05) is 41.5 Å². The van der Waals surface area contributed by atoms with E-state index >= 15 is 0 Å². The molecule has 0 aromatic carbocycles. The van der Waals surface area contributed by atoms with E-state index in [1.807, 2.05) is 0 Å². The molecule has 1 rings (SSSR count). The Bertz CT molecular complexity index is 226. The Kier molecular flexibility index (Phi) is 4.28. The quantitative estimate of drug-likeness (QED) is 0.636. The molecule has 108 valence electrons. The molecule has 0 aliphatic heterocycles. The van der Waals surface area contributed by atoms with Crippen molar-refractivity contribution in [1.29, 1.82) is 0 Å². The molecule has 0 bridgehead atoms. The predicted molar refractivity (Wildman–Crippen MR) is 81.6 cm³/mol. The second kappa shape index (κ2) is 4.81. The molecule has 0 aromatic rings. The Balaban J connectivity index is 2.89. The zero-order valence-corrected chi connectivity index (χ0v) is 13.8. The van der Waals surface area contributed by atoms with Crippen LogP contribution >= 0.6 is 0 Å². The highest BCUT2D eigenvalue weighted by molar-refractivity contribution is 4.91. The van der Waals surface area contributed by atoms with E-state index < -0.39 is 0 Å². The van der Waals surface area contributed by atoms with Gasteiger partial charge in [-0.25, -0.2) is 0 Å². The van der Waals surface area contributed by atoms with Crippen LogP contribution in [-0.2, 0) is 0 Å². The van der Waals surface area contributed by atoms with Gasteiger partial charge in [-0.05, 0) is 61.7 Å². The molecule has 1 nitrogen and oxygen atoms in total. The van der Waals surface area contributed by atoms with Crippen molar-refractivity contribution in [3.8, 4) is 0 Å². The molecule has 2 N–H and O–H groups in total. The summed E-state index contributed by atoms with van der Waals surface area (Å²) in [7, 11) is 0. The summed E-state index contributed by atoms with van der Waals surface area (Å²) in [5.74, 6) is 0. The zero-order chi connectivity index (χ0) is 14.2. The minimum absolute atomic E-state index is 0.00223. The maximum Gasteiger partial charge on any atom is 0.0131 e. The molecule has 1 heteroatoms. The van der Waals surface area contributed by atoms with E-state index in [1.54, 1.807) is 0 Å². The van der Waals surface area contributed by atoms with Gasteiger partial charge in [0.25, 0.3) is 0 Å². The van der Waals surface area contributed by atoms with Crippen LogP contribution < -0.4 is 5.73 Å². The van der Waals surface area contributed by atoms with E-state index in [-0.39, 0.29) is 5.54 Å². The third-order valence-electron chi connectivity index (χ3n) is 4.69. The van der Waals surface area contributed by atoms with E-state index in [2.05, 4.69) is 48.5 Å². The first-order valence-electron chi connectivity index (χ1n) is 7.62. The molecule has 1 aliphatic carbocycles. The highest BCUT2D eigenvalue weighted by Crippen LogP contribution is 2.46. The highest BCUT2D eigenvalue weighted by Gasteiger charge is 2.36. The number of rotatable bonds is 0. The van der Waals surface area contributed by atoms with Gasteiger partial charge in [0.05, 0.1) is 0 Å². The largest absolute Gasteiger partial charge is 0.325 e. The third kappa shape index (κ3) is 5.30. The Morgan fingerprint density at radius 2 is 0.889 bits per heavy atom. The fourth-order valence-electron chi connectivity index (χ4n) is 4.04. The van der Waals surface area contributed by atoms with Gasteiger partial charge in [0.2, 0.25) is 0 Å². The van der Waals surface area contributed by atoms with Gasteiger partial charge in [-0.3, -0.25) is 0 Å². The topological polar surface area (TPSA) is 26.0 Å². The van der Waals surface area contributed by atoms with Gasteiger partial charge in [0, 0.05) is 5.54 Å². The molecule has 0 spiro atoms. The summed E-state index contributed by atoms with van der Waals surface area (Å²) < 4.78 is 0. The number of nitrogens with two attached hydrogens (primary N) is 1. The van der Waals surface area contributed by atoms with Crippen LogP contribution in [0.4, 0.5) is 0 Å². The van der Waals surface area contributed by atoms with E-state index in [4.69, 9.17) is 5.73 Å². The molecule has 0 amide bonds. The average molecular weight is 253 g/mol. The van der Waals surface area contributed by atoms with Crippen molar-refractivity contribution in [2.24, 2.45) is 22.0 Å². The van der Waals surface area contributed by atoms with Crippen LogP contribution in [0, 0.1) is 16.2 Å². The van der Waals surface area contributed by atoms with Crippen LogP contribution in [0.25, 0.3) is 0 Å². The zero-order valence-electron chi connectivity index (χ0n) is 13.8. The van der Waals surface area contributed by atoms with Crippen LogP contribution in [0.2, 0.25) is 0 Å². The molecule has 1 unspecified atom stereocenters. The van der Waals surface area contributed by atoms with Crippen LogP contribution in [0.1, 0.15) is 87.0 Å². The lowest BCUT2D eigenvalue weighted by atomic mass is 9.64. The maximum atomic E-state index is 6.53. The Hall–Kier alpha value is -0.0400. The lowest BCUT2D eigenvalue weighted by molar-refractivity contribution is 0.103. The van der Waals surface area contributed by atoms with E-state index in [1.165, 1.54) is 25.7 Å². The van der Waals surface area contributed by atoms with E-state index in [0.717, 1.165) is 12.8 Å². The van der Waals surface area contributed by atoms with E-state index in [9.17, 15) is 0 Å². The standard InChI is InChI=1S/C17H35N/c1-14(2)8-9-16(5,6)13-17(7,18)11-10-15(3,4)12-14/h8-13,18H2,1-7H3. The van der Waals surface area contributed by atoms with E-state index in [0.29, 0.717) is 16.2 Å². The summed E-state index contributed by atoms with van der Waals surface area (Å²) >= 11 is 0. The fraction of sp³-hybridized carbons (Fsp3) is 1.00. The molecule has 1 fully saturated rings. The molecule has 0 aromatic heterocycles. The minimum atomic E-state index is 0.00223. The molecule has 0 saturated heterocycles. The average Bonchev–Trinajstić information content (AvgIpc) is 2.08. The van der Waals surface area contributed by atoms with Gasteiger partial charge in [0.15, 0.2) is 0 Å². The van der Waals surface area contributed by atoms with Crippen molar-refractivity contribution >= 4 is 0 Å². The summed E-state index contributed by atoms with van der Waals surface area (Å²) in [5.41, 5.74) is 7.80. The van der Waals surface area contributed by atoms with Crippen molar-refractivity contribution in [2.45, 2.75) is 92.5 Å². The van der Waals surface area contributed by atoms with Crippen molar-refractivity contribution in [3.63, 3.8) is 0 Å². The summed E-state index contributed by atoms with van der Waals surface area (Å²) in [4.78, 5) is 0. The monoisotopic (exact) mass is 253 g/mol. The predicted octanol–water partition coefficient (Wildman–Crippen LogP) is 5.14. The Labute approximate surface area is 115 Å². The molecular weight excluding hydrogens is 218 g/mol. The van der Waals surface area contributed by atoms with Gasteiger partial charge >= 0.3 is 0 Å². The minimum Gasteiger partial charge on any atom is -0.325 e. The summed E-state index contributed by atoms with van der Waals surface area (Å²) in [6.45, 7) is 16.7. The van der Waals surface area contributed by atoms with Crippen molar-refractivity contribution in [2.75, 3.05) is 0 Å². The highest BCUT2D eigenvalue weighted by atomic mass is 14.7. The molecular formula is C17H35N. The molecule has 1 aliphatic rings. The van der Waals surface area contributed by atoms with Gasteiger partial charge in [-0.2, -0.15) is 0 Å². The molecule has 0 radical (unpaired) electrons. The molecule has 18 heavy (non-hydrogen) atoms. The van der Waals surface area contributed by atoms with Gasteiger partial charge in [0.1, 0.15) is 0 Å². The van der Waals surface area contributed by atoms with Gasteiger partial charge in [-0.15, -0.1) is 0 Å². The SMILES string of the molecule is CC1(C)CCC(C)(C)CC(C)(N)CCC(C)(C)C1. The Morgan fingerprint density at radius 1 is 0.556 bits per heavy atom. The molecule has 1 saturated carbocycles. The normalized spacial score (nSPS) is 36.0. The van der Waals surface area contributed by atoms with Crippen molar-refractivity contribution in [3.05, 3.63) is 0 Å². The van der Waals surface area contributed by atoms with Crippen LogP contribution in [0.3, 0.4) is 0 Å². The maximum absolute atomic E-state index is 6.53. The summed E-state index contributed by atoms with van der Waals surface area (Å²) in [6, 6.07) is 0. The molecule has 1 atom stereocenters.